The average Bonchev–Trinajstić information content (AvgIpc) is 3.00. The lowest BCUT2D eigenvalue weighted by atomic mass is 9.96. The van der Waals surface area contributed by atoms with E-state index in [1.54, 1.807) is 25.3 Å². The molecule has 0 aliphatic carbocycles. The number of benzene rings is 4. The number of methoxy groups -OCH3 is 1. The highest BCUT2D eigenvalue weighted by Crippen LogP contribution is 2.37. The molecule has 5 aromatic rings. The monoisotopic (exact) mass is 610 g/mol. The zero-order chi connectivity index (χ0) is 31.5. The van der Waals surface area contributed by atoms with Crippen LogP contribution >= 0.6 is 11.6 Å². The van der Waals surface area contributed by atoms with Gasteiger partial charge in [-0.25, -0.2) is 4.98 Å². The summed E-state index contributed by atoms with van der Waals surface area (Å²) in [6, 6.07) is 21.4. The smallest absolute Gasteiger partial charge is 0.313 e. The molecular weight excluding hydrogens is 580 g/mol. The number of ether oxygens (including phenoxy) is 2. The molecule has 5 rings (SSSR count). The lowest BCUT2D eigenvalue weighted by molar-refractivity contribution is -0.385. The van der Waals surface area contributed by atoms with E-state index in [9.17, 15) is 14.9 Å². The van der Waals surface area contributed by atoms with Crippen LogP contribution in [0.1, 0.15) is 47.6 Å². The van der Waals surface area contributed by atoms with Crippen molar-refractivity contribution in [1.29, 1.82) is 0 Å². The molecule has 4 aromatic carbocycles. The summed E-state index contributed by atoms with van der Waals surface area (Å²) in [5, 5.41) is 16.9. The quantitative estimate of drug-likeness (QED) is 0.0955. The van der Waals surface area contributed by atoms with Crippen molar-refractivity contribution in [2.45, 2.75) is 40.2 Å². The summed E-state index contributed by atoms with van der Waals surface area (Å²) in [5.74, 6) is 1.16. The highest BCUT2D eigenvalue weighted by molar-refractivity contribution is 6.32. The summed E-state index contributed by atoms with van der Waals surface area (Å²) in [7, 11) is 1.62. The van der Waals surface area contributed by atoms with Gasteiger partial charge in [-0.3, -0.25) is 14.9 Å². The maximum Gasteiger partial charge on any atom is 0.313 e. The Balaban J connectivity index is 1.61. The van der Waals surface area contributed by atoms with E-state index in [4.69, 9.17) is 26.1 Å². The number of nitro groups is 1. The van der Waals surface area contributed by atoms with E-state index in [1.165, 1.54) is 23.0 Å². The maximum atomic E-state index is 13.8. The normalized spacial score (nSPS) is 11.4. The van der Waals surface area contributed by atoms with E-state index in [-0.39, 0.29) is 34.5 Å². The van der Waals surface area contributed by atoms with Gasteiger partial charge in [-0.2, -0.15) is 9.78 Å². The first-order valence-corrected chi connectivity index (χ1v) is 14.4. The number of nitro benzene ring substituents is 1. The van der Waals surface area contributed by atoms with E-state index in [2.05, 4.69) is 18.9 Å². The van der Waals surface area contributed by atoms with Crippen LogP contribution in [-0.4, -0.2) is 27.9 Å². The van der Waals surface area contributed by atoms with Crippen LogP contribution in [0.5, 0.6) is 11.5 Å². The van der Waals surface area contributed by atoms with Crippen molar-refractivity contribution in [3.63, 3.8) is 0 Å². The zero-order valence-corrected chi connectivity index (χ0v) is 25.8. The molecule has 0 aliphatic rings. The predicted molar refractivity (Wildman–Crippen MR) is 173 cm³/mol. The minimum atomic E-state index is -0.558. The number of nitrogens with zero attached hydrogens (tertiary/aromatic N) is 4. The van der Waals surface area contributed by atoms with Gasteiger partial charge in [0.15, 0.2) is 5.82 Å². The van der Waals surface area contributed by atoms with Gasteiger partial charge in [0.25, 0.3) is 5.56 Å². The second kappa shape index (κ2) is 12.7. The van der Waals surface area contributed by atoms with E-state index < -0.39 is 4.92 Å². The van der Waals surface area contributed by atoms with Gasteiger partial charge in [-0.05, 0) is 66.8 Å². The molecule has 44 heavy (non-hydrogen) atoms. The number of halogens is 1. The van der Waals surface area contributed by atoms with Crippen molar-refractivity contribution in [1.82, 2.24) is 9.66 Å². The van der Waals surface area contributed by atoms with Crippen LogP contribution in [0.2, 0.25) is 5.02 Å². The van der Waals surface area contributed by atoms with Crippen LogP contribution < -0.4 is 15.0 Å². The number of rotatable bonds is 9. The zero-order valence-electron chi connectivity index (χ0n) is 25.0. The summed E-state index contributed by atoms with van der Waals surface area (Å²) in [5.41, 5.74) is 4.56. The van der Waals surface area contributed by atoms with Crippen LogP contribution in [0.25, 0.3) is 22.3 Å². The molecule has 0 fully saturated rings. The molecular formula is C34H31ClN4O5. The fourth-order valence-corrected chi connectivity index (χ4v) is 5.17. The highest BCUT2D eigenvalue weighted by atomic mass is 35.5. The van der Waals surface area contributed by atoms with Gasteiger partial charge in [0.05, 0.1) is 34.2 Å². The van der Waals surface area contributed by atoms with Gasteiger partial charge in [-0.1, -0.05) is 67.4 Å². The molecule has 0 bridgehead atoms. The molecule has 0 radical (unpaired) electrons. The fraction of sp³-hybridized carbons (Fsp3) is 0.206. The number of hydrogen-bond acceptors (Lipinski definition) is 7. The van der Waals surface area contributed by atoms with Crippen LogP contribution in [0.15, 0.2) is 82.7 Å². The molecule has 9 nitrogen and oxygen atoms in total. The fourth-order valence-electron chi connectivity index (χ4n) is 4.89. The predicted octanol–water partition coefficient (Wildman–Crippen LogP) is 7.84. The van der Waals surface area contributed by atoms with Crippen molar-refractivity contribution in [3.8, 4) is 22.9 Å². The number of aryl methyl sites for hydroxylation is 2. The van der Waals surface area contributed by atoms with Gasteiger partial charge in [-0.15, -0.1) is 0 Å². The average molecular weight is 611 g/mol. The Labute approximate surface area is 259 Å². The summed E-state index contributed by atoms with van der Waals surface area (Å²) in [4.78, 5) is 30.1. The minimum absolute atomic E-state index is 0.0459. The molecule has 0 spiro atoms. The summed E-state index contributed by atoms with van der Waals surface area (Å²) < 4.78 is 12.6. The Morgan fingerprint density at radius 3 is 2.48 bits per heavy atom. The lowest BCUT2D eigenvalue weighted by Gasteiger charge is -2.17. The highest BCUT2D eigenvalue weighted by Gasteiger charge is 2.22. The Kier molecular flexibility index (Phi) is 8.78. The molecule has 1 aromatic heterocycles. The van der Waals surface area contributed by atoms with Crippen LogP contribution in [0.3, 0.4) is 0 Å². The van der Waals surface area contributed by atoms with Crippen molar-refractivity contribution in [2.24, 2.45) is 5.10 Å². The van der Waals surface area contributed by atoms with Gasteiger partial charge in [0.1, 0.15) is 12.4 Å². The number of aromatic nitrogens is 2. The van der Waals surface area contributed by atoms with E-state index in [0.29, 0.717) is 27.9 Å². The Morgan fingerprint density at radius 2 is 1.80 bits per heavy atom. The molecule has 0 amide bonds. The number of fused-ring (bicyclic) bond motifs is 1. The largest absolute Gasteiger partial charge is 0.496 e. The second-order valence-electron chi connectivity index (χ2n) is 10.8. The van der Waals surface area contributed by atoms with Gasteiger partial charge < -0.3 is 9.47 Å². The van der Waals surface area contributed by atoms with Crippen molar-refractivity contribution in [3.05, 3.63) is 126 Å². The van der Waals surface area contributed by atoms with Crippen molar-refractivity contribution in [2.75, 3.05) is 7.11 Å². The molecule has 224 valence electrons. The number of hydrogen-bond donors (Lipinski definition) is 0. The van der Waals surface area contributed by atoms with Crippen LogP contribution in [-0.2, 0) is 6.61 Å². The van der Waals surface area contributed by atoms with Gasteiger partial charge >= 0.3 is 5.69 Å². The number of para-hydroxylation sites is 1. The van der Waals surface area contributed by atoms with Crippen LogP contribution in [0.4, 0.5) is 5.69 Å². The first kappa shape index (κ1) is 30.4. The molecule has 1 heterocycles. The third-order valence-corrected chi connectivity index (χ3v) is 7.54. The first-order chi connectivity index (χ1) is 21.1. The third-order valence-electron chi connectivity index (χ3n) is 7.26. The summed E-state index contributed by atoms with van der Waals surface area (Å²) in [6.07, 6.45) is 1.35. The topological polar surface area (TPSA) is 109 Å². The second-order valence-corrected chi connectivity index (χ2v) is 11.2. The minimum Gasteiger partial charge on any atom is -0.496 e. The lowest BCUT2D eigenvalue weighted by Crippen LogP contribution is -2.20. The molecule has 0 aliphatic heterocycles. The Morgan fingerprint density at radius 1 is 1.07 bits per heavy atom. The van der Waals surface area contributed by atoms with Crippen molar-refractivity contribution < 1.29 is 14.4 Å². The molecule has 0 N–H and O–H groups in total. The van der Waals surface area contributed by atoms with E-state index >= 15 is 0 Å². The summed E-state index contributed by atoms with van der Waals surface area (Å²) in [6.45, 7) is 8.10. The third kappa shape index (κ3) is 6.18. The van der Waals surface area contributed by atoms with Crippen molar-refractivity contribution >= 4 is 34.4 Å². The summed E-state index contributed by atoms with van der Waals surface area (Å²) >= 11 is 6.50. The Bertz CT molecular complexity index is 1970. The first-order valence-electron chi connectivity index (χ1n) is 14.0. The molecule has 10 heteroatoms. The molecule has 0 atom stereocenters. The standard InChI is InChI=1S/C34H31ClN4O5/c1-20(2)26-17-27(22(4)14-31(26)43-5)33-37-29-9-7-6-8-25(29)34(40)38(33)36-18-24-15-28(35)32(30(16-24)39(41)42)44-19-23-12-10-21(3)11-13-23/h6-18,20H,19H2,1-5H3. The van der Waals surface area contributed by atoms with E-state index in [0.717, 1.165) is 28.0 Å². The van der Waals surface area contributed by atoms with E-state index in [1.807, 2.05) is 56.3 Å². The van der Waals surface area contributed by atoms with Crippen LogP contribution in [0, 0.1) is 24.0 Å². The Hall–Kier alpha value is -5.02. The maximum absolute atomic E-state index is 13.8. The molecule has 0 saturated heterocycles. The molecule has 0 saturated carbocycles. The van der Waals surface area contributed by atoms with Gasteiger partial charge in [0.2, 0.25) is 5.75 Å². The SMILES string of the molecule is COc1cc(C)c(-c2nc3ccccc3c(=O)n2N=Cc2cc(Cl)c(OCc3ccc(C)cc3)c([N+](=O)[O-])c2)cc1C(C)C. The van der Waals surface area contributed by atoms with Gasteiger partial charge in [0, 0.05) is 17.2 Å². The molecule has 0 unspecified atom stereocenters.